The number of sulfonamides is 1. The summed E-state index contributed by atoms with van der Waals surface area (Å²) in [6.07, 6.45) is 1.29. The van der Waals surface area contributed by atoms with Crippen LogP contribution in [0.4, 0.5) is 0 Å². The van der Waals surface area contributed by atoms with E-state index in [1.54, 1.807) is 6.07 Å². The van der Waals surface area contributed by atoms with Crippen molar-refractivity contribution < 1.29 is 13.2 Å². The Balaban J connectivity index is 2.27. The summed E-state index contributed by atoms with van der Waals surface area (Å²) in [6, 6.07) is 4.56. The van der Waals surface area contributed by atoms with E-state index in [2.05, 4.69) is 36.6 Å². The molecule has 1 aliphatic rings. The molecule has 0 spiro atoms. The van der Waals surface area contributed by atoms with Gasteiger partial charge in [-0.2, -0.15) is 0 Å². The van der Waals surface area contributed by atoms with E-state index in [-0.39, 0.29) is 4.90 Å². The molecule has 0 aliphatic carbocycles. The Hall–Kier alpha value is 0.340. The smallest absolute Gasteiger partial charge is 0.241 e. The van der Waals surface area contributed by atoms with Crippen molar-refractivity contribution in [2.24, 2.45) is 0 Å². The van der Waals surface area contributed by atoms with E-state index in [4.69, 9.17) is 16.3 Å². The number of ether oxygens (including phenoxy) is 1. The highest BCUT2D eigenvalue weighted by atomic mass is 79.9. The molecule has 8 heteroatoms. The molecule has 0 amide bonds. The van der Waals surface area contributed by atoms with Crippen LogP contribution in [-0.4, -0.2) is 32.5 Å². The summed E-state index contributed by atoms with van der Waals surface area (Å²) in [7, 11) is -3.59. The summed E-state index contributed by atoms with van der Waals surface area (Å²) >= 11 is 12.5. The van der Waals surface area contributed by atoms with Crippen LogP contribution in [0.1, 0.15) is 12.8 Å². The number of halogens is 3. The van der Waals surface area contributed by atoms with Gasteiger partial charge in [-0.25, -0.2) is 13.1 Å². The van der Waals surface area contributed by atoms with Crippen LogP contribution < -0.4 is 4.72 Å². The number of hydrogen-bond donors (Lipinski definition) is 1. The van der Waals surface area contributed by atoms with E-state index in [1.165, 1.54) is 12.1 Å². The second-order valence-corrected chi connectivity index (χ2v) is 8.21. The average Bonchev–Trinajstić information content (AvgIpc) is 2.42. The summed E-state index contributed by atoms with van der Waals surface area (Å²) in [5.41, 5.74) is -0.497. The van der Waals surface area contributed by atoms with Crippen molar-refractivity contribution in [2.45, 2.75) is 23.3 Å². The summed E-state index contributed by atoms with van der Waals surface area (Å²) in [6.45, 7) is 1.11. The lowest BCUT2D eigenvalue weighted by atomic mass is 9.94. The van der Waals surface area contributed by atoms with Crippen LogP contribution in [0.3, 0.4) is 0 Å². The zero-order valence-corrected chi connectivity index (χ0v) is 15.3. The number of nitrogens with one attached hydrogen (secondary N) is 1. The molecular weight excluding hydrogens is 433 g/mol. The van der Waals surface area contributed by atoms with Gasteiger partial charge < -0.3 is 4.74 Å². The van der Waals surface area contributed by atoms with Gasteiger partial charge >= 0.3 is 0 Å². The van der Waals surface area contributed by atoms with Crippen LogP contribution in [0, 0.1) is 0 Å². The maximum Gasteiger partial charge on any atom is 0.241 e. The van der Waals surface area contributed by atoms with Crippen molar-refractivity contribution in [1.82, 2.24) is 4.72 Å². The van der Waals surface area contributed by atoms with Crippen molar-refractivity contribution >= 4 is 53.5 Å². The van der Waals surface area contributed by atoms with E-state index in [0.717, 1.165) is 0 Å². The molecule has 1 saturated heterocycles. The van der Waals surface area contributed by atoms with Gasteiger partial charge in [-0.1, -0.05) is 27.5 Å². The van der Waals surface area contributed by atoms with E-state index >= 15 is 0 Å². The molecule has 0 atom stereocenters. The van der Waals surface area contributed by atoms with Crippen LogP contribution >= 0.6 is 43.5 Å². The SMILES string of the molecule is O=S(=O)(NC1(CBr)CCOCC1)c1ccc(Cl)c(Br)c1. The molecule has 1 N–H and O–H groups in total. The zero-order valence-electron chi connectivity index (χ0n) is 10.5. The Morgan fingerprint density at radius 1 is 1.35 bits per heavy atom. The molecule has 0 radical (unpaired) electrons. The number of benzene rings is 1. The maximum absolute atomic E-state index is 12.5. The second kappa shape index (κ2) is 6.62. The molecular formula is C12H14Br2ClNO3S. The second-order valence-electron chi connectivity index (χ2n) is 4.71. The largest absolute Gasteiger partial charge is 0.381 e. The fourth-order valence-corrected chi connectivity index (χ4v) is 5.03. The highest BCUT2D eigenvalue weighted by molar-refractivity contribution is 9.10. The topological polar surface area (TPSA) is 55.4 Å². The number of hydrogen-bond acceptors (Lipinski definition) is 3. The summed E-state index contributed by atoms with van der Waals surface area (Å²) in [5, 5.41) is 1.03. The van der Waals surface area contributed by atoms with Gasteiger partial charge in [-0.3, -0.25) is 0 Å². The van der Waals surface area contributed by atoms with Crippen molar-refractivity contribution in [2.75, 3.05) is 18.5 Å². The standard InChI is InChI=1S/C12H14Br2ClNO3S/c13-8-12(3-5-19-6-4-12)16-20(17,18)9-1-2-11(15)10(14)7-9/h1-2,7,16H,3-6,8H2. The molecule has 1 aromatic carbocycles. The van der Waals surface area contributed by atoms with Crippen LogP contribution in [-0.2, 0) is 14.8 Å². The first-order valence-corrected chi connectivity index (χ1v) is 9.79. The highest BCUT2D eigenvalue weighted by Gasteiger charge is 2.36. The fraction of sp³-hybridized carbons (Fsp3) is 0.500. The molecule has 1 aromatic rings. The van der Waals surface area contributed by atoms with Crippen LogP contribution in [0.15, 0.2) is 27.6 Å². The molecule has 0 bridgehead atoms. The van der Waals surface area contributed by atoms with Crippen LogP contribution in [0.5, 0.6) is 0 Å². The molecule has 20 heavy (non-hydrogen) atoms. The van der Waals surface area contributed by atoms with Gasteiger partial charge in [-0.15, -0.1) is 0 Å². The Labute approximate surface area is 140 Å². The van der Waals surface area contributed by atoms with Gasteiger partial charge in [0.1, 0.15) is 0 Å². The Morgan fingerprint density at radius 2 is 2.00 bits per heavy atom. The summed E-state index contributed by atoms with van der Waals surface area (Å²) in [4.78, 5) is 0.195. The number of alkyl halides is 1. The maximum atomic E-state index is 12.5. The van der Waals surface area contributed by atoms with Crippen LogP contribution in [0.25, 0.3) is 0 Å². The van der Waals surface area contributed by atoms with Gasteiger partial charge in [0.25, 0.3) is 0 Å². The third-order valence-corrected chi connectivity index (χ3v) is 7.12. The predicted molar refractivity (Wildman–Crippen MR) is 86.1 cm³/mol. The zero-order chi connectivity index (χ0) is 14.8. The minimum Gasteiger partial charge on any atom is -0.381 e. The quantitative estimate of drug-likeness (QED) is 0.721. The van der Waals surface area contributed by atoms with E-state index < -0.39 is 15.6 Å². The van der Waals surface area contributed by atoms with Crippen molar-refractivity contribution in [3.05, 3.63) is 27.7 Å². The molecule has 0 unspecified atom stereocenters. The van der Waals surface area contributed by atoms with Gasteiger partial charge in [0.15, 0.2) is 0 Å². The first-order valence-electron chi connectivity index (χ1n) is 6.01. The third-order valence-electron chi connectivity index (χ3n) is 3.26. The van der Waals surface area contributed by atoms with Crippen LogP contribution in [0.2, 0.25) is 5.02 Å². The molecule has 0 saturated carbocycles. The number of rotatable bonds is 4. The molecule has 1 fully saturated rings. The fourth-order valence-electron chi connectivity index (χ4n) is 2.01. The van der Waals surface area contributed by atoms with Gasteiger partial charge in [0.2, 0.25) is 10.0 Å². The molecule has 1 heterocycles. The molecule has 4 nitrogen and oxygen atoms in total. The van der Waals surface area contributed by atoms with Crippen molar-refractivity contribution in [3.8, 4) is 0 Å². The van der Waals surface area contributed by atoms with Gasteiger partial charge in [0.05, 0.1) is 9.92 Å². The Morgan fingerprint density at radius 3 is 2.55 bits per heavy atom. The molecule has 1 aliphatic heterocycles. The highest BCUT2D eigenvalue weighted by Crippen LogP contribution is 2.28. The lowest BCUT2D eigenvalue weighted by Gasteiger charge is -2.36. The van der Waals surface area contributed by atoms with Crippen molar-refractivity contribution in [3.63, 3.8) is 0 Å². The Bertz CT molecular complexity index is 588. The predicted octanol–water partition coefficient (Wildman–Crippen LogP) is 3.32. The first kappa shape index (κ1) is 16.7. The Kier molecular flexibility index (Phi) is 5.53. The lowest BCUT2D eigenvalue weighted by molar-refractivity contribution is 0.0557. The van der Waals surface area contributed by atoms with Gasteiger partial charge in [0, 0.05) is 28.6 Å². The van der Waals surface area contributed by atoms with E-state index in [0.29, 0.717) is 40.9 Å². The summed E-state index contributed by atoms with van der Waals surface area (Å²) in [5.74, 6) is 0. The third kappa shape index (κ3) is 3.75. The van der Waals surface area contributed by atoms with E-state index in [1.807, 2.05) is 0 Å². The molecule has 112 valence electrons. The monoisotopic (exact) mass is 445 g/mol. The van der Waals surface area contributed by atoms with Gasteiger partial charge in [-0.05, 0) is 47.0 Å². The minimum absolute atomic E-state index is 0.195. The normalized spacial score (nSPS) is 18.9. The summed E-state index contributed by atoms with van der Waals surface area (Å²) < 4.78 is 33.6. The molecule has 0 aromatic heterocycles. The van der Waals surface area contributed by atoms with E-state index in [9.17, 15) is 8.42 Å². The first-order chi connectivity index (χ1) is 9.38. The average molecular weight is 448 g/mol. The van der Waals surface area contributed by atoms with Crippen molar-refractivity contribution in [1.29, 1.82) is 0 Å². The molecule has 2 rings (SSSR count). The minimum atomic E-state index is -3.59. The lowest BCUT2D eigenvalue weighted by Crippen LogP contribution is -2.53.